The summed E-state index contributed by atoms with van der Waals surface area (Å²) in [6.45, 7) is 7.69. The van der Waals surface area contributed by atoms with E-state index in [4.69, 9.17) is 0 Å². The van der Waals surface area contributed by atoms with E-state index in [1.165, 1.54) is 5.56 Å². The summed E-state index contributed by atoms with van der Waals surface area (Å²) in [5, 5.41) is 3.54. The average molecular weight is 281 g/mol. The second kappa shape index (κ2) is 8.43. The van der Waals surface area contributed by atoms with E-state index in [0.29, 0.717) is 12.1 Å². The highest BCUT2D eigenvalue weighted by Crippen LogP contribution is 2.24. The molecule has 108 valence electrons. The molecular formula is C15H27N3S. The topological polar surface area (TPSA) is 28.2 Å². The first-order valence-corrected chi connectivity index (χ1v) is 8.41. The van der Waals surface area contributed by atoms with Crippen molar-refractivity contribution in [2.45, 2.75) is 39.3 Å². The average Bonchev–Trinajstić information content (AvgIpc) is 2.44. The third-order valence-electron chi connectivity index (χ3n) is 3.39. The second-order valence-electron chi connectivity index (χ2n) is 5.01. The molecule has 1 rings (SSSR count). The van der Waals surface area contributed by atoms with Crippen molar-refractivity contribution in [3.63, 3.8) is 0 Å². The van der Waals surface area contributed by atoms with Crippen molar-refractivity contribution >= 4 is 17.6 Å². The van der Waals surface area contributed by atoms with Crippen molar-refractivity contribution in [2.75, 3.05) is 30.5 Å². The lowest BCUT2D eigenvalue weighted by Crippen LogP contribution is -2.33. The SMILES string of the molecule is CCCNC(C)c1cccnc1N(C)C(C)CSC. The van der Waals surface area contributed by atoms with Gasteiger partial charge in [-0.1, -0.05) is 13.0 Å². The van der Waals surface area contributed by atoms with E-state index in [0.717, 1.165) is 24.5 Å². The Hall–Kier alpha value is -0.740. The van der Waals surface area contributed by atoms with Crippen molar-refractivity contribution in [1.29, 1.82) is 0 Å². The van der Waals surface area contributed by atoms with Crippen molar-refractivity contribution in [2.24, 2.45) is 0 Å². The van der Waals surface area contributed by atoms with E-state index in [-0.39, 0.29) is 0 Å². The smallest absolute Gasteiger partial charge is 0.133 e. The van der Waals surface area contributed by atoms with Crippen LogP contribution in [-0.4, -0.2) is 36.6 Å². The summed E-state index contributed by atoms with van der Waals surface area (Å²) >= 11 is 1.88. The van der Waals surface area contributed by atoms with Crippen molar-refractivity contribution in [3.8, 4) is 0 Å². The number of nitrogens with one attached hydrogen (secondary N) is 1. The summed E-state index contributed by atoms with van der Waals surface area (Å²) in [7, 11) is 2.14. The zero-order valence-electron chi connectivity index (χ0n) is 12.8. The van der Waals surface area contributed by atoms with Crippen LogP contribution in [0.3, 0.4) is 0 Å². The van der Waals surface area contributed by atoms with Gasteiger partial charge in [0.15, 0.2) is 0 Å². The van der Waals surface area contributed by atoms with Crippen LogP contribution in [0, 0.1) is 0 Å². The van der Waals surface area contributed by atoms with Gasteiger partial charge in [0.05, 0.1) is 0 Å². The van der Waals surface area contributed by atoms with E-state index in [1.807, 2.05) is 24.0 Å². The van der Waals surface area contributed by atoms with Gasteiger partial charge in [-0.2, -0.15) is 11.8 Å². The summed E-state index contributed by atoms with van der Waals surface area (Å²) in [5.74, 6) is 2.21. The normalized spacial score (nSPS) is 14.2. The van der Waals surface area contributed by atoms with Crippen LogP contribution >= 0.6 is 11.8 Å². The van der Waals surface area contributed by atoms with Gasteiger partial charge in [-0.15, -0.1) is 0 Å². The van der Waals surface area contributed by atoms with Crippen molar-refractivity contribution in [3.05, 3.63) is 23.9 Å². The Morgan fingerprint density at radius 1 is 1.42 bits per heavy atom. The number of aromatic nitrogens is 1. The molecule has 0 bridgehead atoms. The molecule has 19 heavy (non-hydrogen) atoms. The fraction of sp³-hybridized carbons (Fsp3) is 0.667. The van der Waals surface area contributed by atoms with E-state index in [2.05, 4.69) is 55.3 Å². The molecule has 2 atom stereocenters. The van der Waals surface area contributed by atoms with Crippen LogP contribution in [0.5, 0.6) is 0 Å². The Kier molecular flexibility index (Phi) is 7.24. The Morgan fingerprint density at radius 3 is 2.79 bits per heavy atom. The molecule has 0 radical (unpaired) electrons. The quantitative estimate of drug-likeness (QED) is 0.791. The van der Waals surface area contributed by atoms with Crippen LogP contribution < -0.4 is 10.2 Å². The number of thioether (sulfide) groups is 1. The van der Waals surface area contributed by atoms with Crippen LogP contribution in [0.15, 0.2) is 18.3 Å². The molecule has 0 saturated heterocycles. The van der Waals surface area contributed by atoms with Crippen molar-refractivity contribution in [1.82, 2.24) is 10.3 Å². The summed E-state index contributed by atoms with van der Waals surface area (Å²) in [6, 6.07) is 5.03. The summed E-state index contributed by atoms with van der Waals surface area (Å²) in [6.07, 6.45) is 5.18. The van der Waals surface area contributed by atoms with Crippen molar-refractivity contribution < 1.29 is 0 Å². The maximum absolute atomic E-state index is 4.59. The van der Waals surface area contributed by atoms with Gasteiger partial charge in [-0.05, 0) is 39.1 Å². The molecule has 0 fully saturated rings. The molecule has 0 amide bonds. The molecule has 0 saturated carbocycles. The largest absolute Gasteiger partial charge is 0.356 e. The summed E-state index contributed by atoms with van der Waals surface area (Å²) in [4.78, 5) is 6.88. The lowest BCUT2D eigenvalue weighted by Gasteiger charge is -2.29. The molecule has 1 N–H and O–H groups in total. The van der Waals surface area contributed by atoms with Crippen LogP contribution in [0.2, 0.25) is 0 Å². The maximum atomic E-state index is 4.59. The van der Waals surface area contributed by atoms with Gasteiger partial charge in [0.25, 0.3) is 0 Å². The highest BCUT2D eigenvalue weighted by atomic mass is 32.2. The fourth-order valence-corrected chi connectivity index (χ4v) is 2.78. The van der Waals surface area contributed by atoms with Crippen LogP contribution in [0.1, 0.15) is 38.8 Å². The lowest BCUT2D eigenvalue weighted by molar-refractivity contribution is 0.566. The molecule has 4 heteroatoms. The minimum atomic E-state index is 0.340. The van der Waals surface area contributed by atoms with E-state index in [9.17, 15) is 0 Å². The second-order valence-corrected chi connectivity index (χ2v) is 5.92. The van der Waals surface area contributed by atoms with E-state index < -0.39 is 0 Å². The first-order chi connectivity index (χ1) is 9.11. The zero-order valence-corrected chi connectivity index (χ0v) is 13.6. The molecule has 0 aliphatic carbocycles. The minimum absolute atomic E-state index is 0.340. The number of nitrogens with zero attached hydrogens (tertiary/aromatic N) is 2. The molecule has 3 nitrogen and oxygen atoms in total. The number of rotatable bonds is 8. The standard InChI is InChI=1S/C15H27N3S/c1-6-9-16-13(3)14-8-7-10-17-15(14)18(4)12(2)11-19-5/h7-8,10,12-13,16H,6,9,11H2,1-5H3. The number of pyridine rings is 1. The predicted molar refractivity (Wildman–Crippen MR) is 87.2 cm³/mol. The minimum Gasteiger partial charge on any atom is -0.356 e. The highest BCUT2D eigenvalue weighted by molar-refractivity contribution is 7.98. The monoisotopic (exact) mass is 281 g/mol. The van der Waals surface area contributed by atoms with Crippen LogP contribution in [-0.2, 0) is 0 Å². The molecule has 1 heterocycles. The Bertz CT molecular complexity index is 370. The molecule has 0 aromatic carbocycles. The molecular weight excluding hydrogens is 254 g/mol. The van der Waals surface area contributed by atoms with Gasteiger partial charge in [-0.3, -0.25) is 0 Å². The van der Waals surface area contributed by atoms with Gasteiger partial charge in [0, 0.05) is 36.6 Å². The fourth-order valence-electron chi connectivity index (χ4n) is 2.07. The predicted octanol–water partition coefficient (Wildman–Crippen LogP) is 3.33. The van der Waals surface area contributed by atoms with Gasteiger partial charge in [-0.25, -0.2) is 4.98 Å². The molecule has 0 aliphatic rings. The molecule has 2 unspecified atom stereocenters. The van der Waals surface area contributed by atoms with Crippen LogP contribution in [0.4, 0.5) is 5.82 Å². The Balaban J connectivity index is 2.88. The Labute approximate surface area is 122 Å². The number of hydrogen-bond donors (Lipinski definition) is 1. The maximum Gasteiger partial charge on any atom is 0.133 e. The van der Waals surface area contributed by atoms with E-state index in [1.54, 1.807) is 0 Å². The molecule has 0 aliphatic heterocycles. The molecule has 0 spiro atoms. The van der Waals surface area contributed by atoms with E-state index >= 15 is 0 Å². The Morgan fingerprint density at radius 2 is 2.16 bits per heavy atom. The zero-order chi connectivity index (χ0) is 14.3. The first kappa shape index (κ1) is 16.3. The van der Waals surface area contributed by atoms with Gasteiger partial charge < -0.3 is 10.2 Å². The third-order valence-corrected chi connectivity index (χ3v) is 4.20. The molecule has 1 aromatic rings. The number of anilines is 1. The van der Waals surface area contributed by atoms with Gasteiger partial charge >= 0.3 is 0 Å². The summed E-state index contributed by atoms with van der Waals surface area (Å²) in [5.41, 5.74) is 1.28. The third kappa shape index (κ3) is 4.69. The number of hydrogen-bond acceptors (Lipinski definition) is 4. The van der Waals surface area contributed by atoms with Gasteiger partial charge in [0.2, 0.25) is 0 Å². The van der Waals surface area contributed by atoms with Gasteiger partial charge in [0.1, 0.15) is 5.82 Å². The van der Waals surface area contributed by atoms with Crippen LogP contribution in [0.25, 0.3) is 0 Å². The lowest BCUT2D eigenvalue weighted by atomic mass is 10.1. The highest BCUT2D eigenvalue weighted by Gasteiger charge is 2.17. The summed E-state index contributed by atoms with van der Waals surface area (Å²) < 4.78 is 0. The molecule has 1 aromatic heterocycles. The first-order valence-electron chi connectivity index (χ1n) is 7.01.